The fourth-order valence-corrected chi connectivity index (χ4v) is 4.46. The van der Waals surface area contributed by atoms with Crippen LogP contribution in [-0.4, -0.2) is 24.1 Å². The van der Waals surface area contributed by atoms with E-state index in [0.717, 1.165) is 16.7 Å². The maximum absolute atomic E-state index is 13.3. The number of hydrogen-bond donors (Lipinski definition) is 3. The van der Waals surface area contributed by atoms with Gasteiger partial charge in [-0.25, -0.2) is 0 Å². The fraction of sp³-hybridized carbons (Fsp3) is 0.350. The number of carbonyl (C=O) groups is 1. The molecule has 1 amide bonds. The molecule has 1 heterocycles. The molecule has 144 valence electrons. The predicted molar refractivity (Wildman–Crippen MR) is 111 cm³/mol. The molecule has 1 atom stereocenters. The highest BCUT2D eigenvalue weighted by molar-refractivity contribution is 7.99. The van der Waals surface area contributed by atoms with Crippen LogP contribution in [0.5, 0.6) is 0 Å². The first kappa shape index (κ1) is 19.4. The van der Waals surface area contributed by atoms with Gasteiger partial charge in [0.15, 0.2) is 0 Å². The zero-order valence-electron chi connectivity index (χ0n) is 16.1. The van der Waals surface area contributed by atoms with Crippen molar-refractivity contribution in [2.45, 2.75) is 38.5 Å². The number of nitrogens with one attached hydrogen (secondary N) is 2. The smallest absolute Gasteiger partial charge is 0.348 e. The molecule has 0 fully saturated rings. The summed E-state index contributed by atoms with van der Waals surface area (Å²) >= 11 is 0. The molecule has 1 aliphatic rings. The third-order valence-electron chi connectivity index (χ3n) is 5.03. The number of fused-ring (bicyclic) bond motifs is 1. The normalized spacial score (nSPS) is 15.5. The van der Waals surface area contributed by atoms with E-state index in [2.05, 4.69) is 10.0 Å². The van der Waals surface area contributed by atoms with Gasteiger partial charge in [-0.1, -0.05) is 6.07 Å². The van der Waals surface area contributed by atoms with E-state index in [1.807, 2.05) is 44.9 Å². The highest BCUT2D eigenvalue weighted by Gasteiger charge is 2.36. The van der Waals surface area contributed by atoms with Crippen LogP contribution in [-0.2, 0) is 25.8 Å². The molecule has 0 saturated heterocycles. The summed E-state index contributed by atoms with van der Waals surface area (Å²) < 4.78 is 27.0. The zero-order valence-corrected chi connectivity index (χ0v) is 16.9. The standard InChI is InChI=1S/C20H25N3O3S/c1-5-23(4)18-12-17-15(7-9-20(24)21-17)11-19(18)27(25,26)22-16-8-6-13(2)14(3)10-16/h6,8,10-12H,5,7,9H2,1-4H3,(H2-,21,22,24,25,26)/p+1. The van der Waals surface area contributed by atoms with Gasteiger partial charge in [0.25, 0.3) is 0 Å². The average molecular weight is 389 g/mol. The molecule has 0 bridgehead atoms. The van der Waals surface area contributed by atoms with Crippen LogP contribution < -0.4 is 14.9 Å². The molecule has 0 aromatic heterocycles. The Labute approximate surface area is 161 Å². The number of aryl methyl sites for hydroxylation is 3. The first-order valence-electron chi connectivity index (χ1n) is 9.01. The molecule has 0 spiro atoms. The van der Waals surface area contributed by atoms with Gasteiger partial charge in [0, 0.05) is 31.8 Å². The maximum Gasteiger partial charge on any atom is 0.348 e. The summed E-state index contributed by atoms with van der Waals surface area (Å²) in [7, 11) is -1.67. The Hall–Kier alpha value is -2.38. The van der Waals surface area contributed by atoms with E-state index in [9.17, 15) is 13.6 Å². The second-order valence-corrected chi connectivity index (χ2v) is 8.66. The summed E-state index contributed by atoms with van der Waals surface area (Å²) in [6, 6.07) is 9.14. The molecule has 3 rings (SSSR count). The Morgan fingerprint density at radius 3 is 2.59 bits per heavy atom. The lowest BCUT2D eigenvalue weighted by atomic mass is 10.0. The van der Waals surface area contributed by atoms with Crippen LogP contribution in [0.25, 0.3) is 0 Å². The van der Waals surface area contributed by atoms with Gasteiger partial charge in [-0.05, 0) is 66.3 Å². The topological polar surface area (TPSA) is 81.7 Å². The minimum atomic E-state index is -3.53. The average Bonchev–Trinajstić information content (AvgIpc) is 2.62. The second kappa shape index (κ2) is 7.32. The number of nitrogens with zero attached hydrogens (tertiary/aromatic N) is 1. The van der Waals surface area contributed by atoms with E-state index in [4.69, 9.17) is 0 Å². The van der Waals surface area contributed by atoms with Gasteiger partial charge in [0.05, 0.1) is 11.4 Å². The molecule has 1 aliphatic heterocycles. The van der Waals surface area contributed by atoms with Gasteiger partial charge in [-0.2, -0.15) is 9.27 Å². The van der Waals surface area contributed by atoms with E-state index >= 15 is 0 Å². The zero-order chi connectivity index (χ0) is 19.8. The Bertz CT molecular complexity index is 942. The molecule has 0 aliphatic carbocycles. The van der Waals surface area contributed by atoms with Crippen molar-refractivity contribution in [1.82, 2.24) is 0 Å². The quantitative estimate of drug-likeness (QED) is 0.676. The minimum Gasteiger partial charge on any atom is -0.371 e. The van der Waals surface area contributed by atoms with Crippen LogP contribution in [0.3, 0.4) is 0 Å². The minimum absolute atomic E-state index is 0.0293. The highest BCUT2D eigenvalue weighted by atomic mass is 32.3. The molecule has 2 aromatic rings. The third-order valence-corrected chi connectivity index (χ3v) is 6.46. The van der Waals surface area contributed by atoms with Crippen molar-refractivity contribution in [3.8, 4) is 0 Å². The van der Waals surface area contributed by atoms with Crippen LogP contribution in [0.2, 0.25) is 0 Å². The Kier molecular flexibility index (Phi) is 5.26. The van der Waals surface area contributed by atoms with Gasteiger partial charge in [0.2, 0.25) is 10.8 Å². The van der Waals surface area contributed by atoms with Gasteiger partial charge >= 0.3 is 10.4 Å². The monoisotopic (exact) mass is 388 g/mol. The van der Waals surface area contributed by atoms with Crippen molar-refractivity contribution in [2.75, 3.05) is 28.5 Å². The number of benzene rings is 2. The van der Waals surface area contributed by atoms with Crippen molar-refractivity contribution >= 4 is 33.4 Å². The third kappa shape index (κ3) is 3.99. The van der Waals surface area contributed by atoms with Crippen LogP contribution >= 0.6 is 0 Å². The molecular formula is C20H26N3O3S+. The van der Waals surface area contributed by atoms with Crippen molar-refractivity contribution in [2.24, 2.45) is 0 Å². The van der Waals surface area contributed by atoms with Gasteiger partial charge < -0.3 is 10.2 Å². The van der Waals surface area contributed by atoms with Crippen molar-refractivity contribution in [1.29, 1.82) is 0 Å². The van der Waals surface area contributed by atoms with Crippen molar-refractivity contribution < 1.29 is 13.6 Å². The summed E-state index contributed by atoms with van der Waals surface area (Å²) in [6.07, 6.45) is 0.941. The molecule has 0 radical (unpaired) electrons. The van der Waals surface area contributed by atoms with E-state index in [-0.39, 0.29) is 5.91 Å². The lowest BCUT2D eigenvalue weighted by molar-refractivity contribution is -0.116. The Morgan fingerprint density at radius 2 is 1.93 bits per heavy atom. The number of anilines is 3. The lowest BCUT2D eigenvalue weighted by Crippen LogP contribution is -2.27. The number of amides is 1. The maximum atomic E-state index is 13.3. The summed E-state index contributed by atoms with van der Waals surface area (Å²) in [4.78, 5) is 13.9. The highest BCUT2D eigenvalue weighted by Crippen LogP contribution is 2.36. The summed E-state index contributed by atoms with van der Waals surface area (Å²) in [6.45, 7) is 6.61. The Morgan fingerprint density at radius 1 is 1.19 bits per heavy atom. The summed E-state index contributed by atoms with van der Waals surface area (Å²) in [5.74, 6) is -0.0293. The number of carbonyl (C=O) groups excluding carboxylic acids is 1. The molecule has 1 unspecified atom stereocenters. The molecule has 6 nitrogen and oxygen atoms in total. The number of hydrogen-bond acceptors (Lipinski definition) is 3. The SMILES string of the molecule is CCN(C)c1cc2c(cc1[S+](=O)(O)Nc1ccc(C)c(C)c1)CCC(=O)N2. The van der Waals surface area contributed by atoms with Gasteiger partial charge in [0.1, 0.15) is 0 Å². The van der Waals surface area contributed by atoms with Crippen LogP contribution in [0.4, 0.5) is 17.1 Å². The second-order valence-electron chi connectivity index (χ2n) is 6.97. The molecule has 27 heavy (non-hydrogen) atoms. The van der Waals surface area contributed by atoms with Gasteiger partial charge in [-0.15, -0.1) is 0 Å². The predicted octanol–water partition coefficient (Wildman–Crippen LogP) is 4.00. The lowest BCUT2D eigenvalue weighted by Gasteiger charge is -2.24. The largest absolute Gasteiger partial charge is 0.371 e. The van der Waals surface area contributed by atoms with Crippen molar-refractivity contribution in [3.05, 3.63) is 47.0 Å². The molecule has 3 N–H and O–H groups in total. The fourth-order valence-electron chi connectivity index (χ4n) is 3.10. The van der Waals surface area contributed by atoms with Crippen LogP contribution in [0, 0.1) is 13.8 Å². The molecule has 0 saturated carbocycles. The van der Waals surface area contributed by atoms with E-state index < -0.39 is 10.4 Å². The first-order valence-corrected chi connectivity index (χ1v) is 10.5. The van der Waals surface area contributed by atoms with Crippen LogP contribution in [0.1, 0.15) is 30.0 Å². The van der Waals surface area contributed by atoms with E-state index in [1.54, 1.807) is 18.2 Å². The molecule has 2 aromatic carbocycles. The van der Waals surface area contributed by atoms with Crippen molar-refractivity contribution in [3.63, 3.8) is 0 Å². The molecule has 7 heteroatoms. The summed E-state index contributed by atoms with van der Waals surface area (Å²) in [5, 5.41) is 2.86. The van der Waals surface area contributed by atoms with E-state index in [0.29, 0.717) is 41.3 Å². The Balaban J connectivity index is 2.05. The van der Waals surface area contributed by atoms with Crippen LogP contribution in [0.15, 0.2) is 35.2 Å². The number of rotatable bonds is 5. The molecular weight excluding hydrogens is 362 g/mol. The first-order chi connectivity index (χ1) is 12.7. The summed E-state index contributed by atoms with van der Waals surface area (Å²) in [5.41, 5.74) is 4.99. The van der Waals surface area contributed by atoms with Gasteiger partial charge in [-0.3, -0.25) is 4.79 Å². The van der Waals surface area contributed by atoms with E-state index in [1.165, 1.54) is 0 Å².